The van der Waals surface area contributed by atoms with Gasteiger partial charge in [0.2, 0.25) is 5.91 Å². The van der Waals surface area contributed by atoms with Crippen LogP contribution in [0.1, 0.15) is 12.1 Å². The molecule has 1 aromatic carbocycles. The van der Waals surface area contributed by atoms with Gasteiger partial charge in [0.1, 0.15) is 36.6 Å². The average molecular weight is 425 g/mol. The number of nitrogens with one attached hydrogen (secondary N) is 1. The van der Waals surface area contributed by atoms with Crippen LogP contribution in [0, 0.1) is 17.1 Å². The topological polar surface area (TPSA) is 144 Å². The maximum Gasteiger partial charge on any atom is 0.414 e. The normalized spacial score (nSPS) is 15.5. The summed E-state index contributed by atoms with van der Waals surface area (Å²) in [6.45, 7) is 0.540. The van der Waals surface area contributed by atoms with Crippen LogP contribution in [0.15, 0.2) is 37.1 Å². The SMILES string of the molecule is N#CCC(=O)NCC1CN(c2ccc(-n3cc(Cn4cncn4)nn3)c(F)c2)C(=O)O1. The maximum atomic E-state index is 14.8. The van der Waals surface area contributed by atoms with Gasteiger partial charge in [0.15, 0.2) is 5.82 Å². The Morgan fingerprint density at radius 2 is 2.29 bits per heavy atom. The van der Waals surface area contributed by atoms with E-state index in [9.17, 15) is 14.0 Å². The molecule has 2 aromatic heterocycles. The molecule has 0 aliphatic carbocycles. The number of anilines is 1. The van der Waals surface area contributed by atoms with E-state index < -0.39 is 23.9 Å². The van der Waals surface area contributed by atoms with Crippen LogP contribution in [-0.2, 0) is 16.1 Å². The molecule has 12 nitrogen and oxygen atoms in total. The Bertz CT molecular complexity index is 1140. The van der Waals surface area contributed by atoms with Crippen molar-refractivity contribution in [2.24, 2.45) is 0 Å². The first-order valence-corrected chi connectivity index (χ1v) is 9.19. The summed E-state index contributed by atoms with van der Waals surface area (Å²) in [6.07, 6.45) is 2.97. The van der Waals surface area contributed by atoms with Gasteiger partial charge in [-0.05, 0) is 18.2 Å². The molecule has 4 rings (SSSR count). The molecule has 0 radical (unpaired) electrons. The third-order valence-corrected chi connectivity index (χ3v) is 4.46. The van der Waals surface area contributed by atoms with Gasteiger partial charge in [-0.1, -0.05) is 5.21 Å². The monoisotopic (exact) mass is 425 g/mol. The molecule has 13 heteroatoms. The number of cyclic esters (lactones) is 1. The first kappa shape index (κ1) is 20.0. The molecule has 3 heterocycles. The number of carbonyl (C=O) groups is 2. The fourth-order valence-corrected chi connectivity index (χ4v) is 3.02. The van der Waals surface area contributed by atoms with Crippen LogP contribution in [0.5, 0.6) is 0 Å². The van der Waals surface area contributed by atoms with E-state index in [0.29, 0.717) is 17.9 Å². The zero-order chi connectivity index (χ0) is 21.8. The molecular formula is C18H16FN9O3. The summed E-state index contributed by atoms with van der Waals surface area (Å²) < 4.78 is 22.8. The summed E-state index contributed by atoms with van der Waals surface area (Å²) in [5.41, 5.74) is 1.03. The number of nitriles is 1. The minimum absolute atomic E-state index is 0.0663. The van der Waals surface area contributed by atoms with Gasteiger partial charge in [0.25, 0.3) is 0 Å². The molecule has 1 saturated heterocycles. The maximum absolute atomic E-state index is 14.8. The highest BCUT2D eigenvalue weighted by atomic mass is 19.1. The Hall–Kier alpha value is -4.34. The Morgan fingerprint density at radius 3 is 3.03 bits per heavy atom. The van der Waals surface area contributed by atoms with Crippen LogP contribution in [0.4, 0.5) is 14.9 Å². The predicted octanol–water partition coefficient (Wildman–Crippen LogP) is 0.401. The van der Waals surface area contributed by atoms with Crippen molar-refractivity contribution in [1.29, 1.82) is 5.26 Å². The van der Waals surface area contributed by atoms with E-state index in [4.69, 9.17) is 10.00 Å². The zero-order valence-electron chi connectivity index (χ0n) is 16.1. The molecule has 0 bridgehead atoms. The fourth-order valence-electron chi connectivity index (χ4n) is 3.02. The molecular weight excluding hydrogens is 409 g/mol. The number of rotatable bonds is 7. The largest absolute Gasteiger partial charge is 0.442 e. The molecule has 1 fully saturated rings. The molecule has 0 saturated carbocycles. The minimum atomic E-state index is -0.650. The lowest BCUT2D eigenvalue weighted by atomic mass is 10.2. The van der Waals surface area contributed by atoms with Gasteiger partial charge in [-0.25, -0.2) is 23.5 Å². The lowest BCUT2D eigenvalue weighted by Crippen LogP contribution is -2.34. The van der Waals surface area contributed by atoms with E-state index in [0.717, 1.165) is 0 Å². The lowest BCUT2D eigenvalue weighted by molar-refractivity contribution is -0.120. The van der Waals surface area contributed by atoms with Gasteiger partial charge < -0.3 is 10.1 Å². The van der Waals surface area contributed by atoms with Crippen LogP contribution in [0.3, 0.4) is 0 Å². The molecule has 1 unspecified atom stereocenters. The highest BCUT2D eigenvalue weighted by Crippen LogP contribution is 2.25. The number of nitrogens with zero attached hydrogens (tertiary/aromatic N) is 8. The van der Waals surface area contributed by atoms with E-state index >= 15 is 0 Å². The van der Waals surface area contributed by atoms with Crippen molar-refractivity contribution in [3.05, 3.63) is 48.6 Å². The van der Waals surface area contributed by atoms with E-state index in [2.05, 4.69) is 25.7 Å². The second-order valence-corrected chi connectivity index (χ2v) is 6.64. The van der Waals surface area contributed by atoms with Crippen molar-refractivity contribution < 1.29 is 18.7 Å². The van der Waals surface area contributed by atoms with Gasteiger partial charge in [0, 0.05) is 0 Å². The summed E-state index contributed by atoms with van der Waals surface area (Å²) in [7, 11) is 0. The third kappa shape index (κ3) is 4.47. The molecule has 1 atom stereocenters. The number of aromatic nitrogens is 6. The Labute approximate surface area is 174 Å². The number of hydrogen-bond donors (Lipinski definition) is 1. The highest BCUT2D eigenvalue weighted by molar-refractivity contribution is 5.90. The lowest BCUT2D eigenvalue weighted by Gasteiger charge is -2.14. The van der Waals surface area contributed by atoms with E-state index in [-0.39, 0.29) is 25.2 Å². The predicted molar refractivity (Wildman–Crippen MR) is 101 cm³/mol. The molecule has 158 valence electrons. The Morgan fingerprint density at radius 1 is 1.42 bits per heavy atom. The molecule has 1 N–H and O–H groups in total. The number of amides is 2. The van der Waals surface area contributed by atoms with Crippen LogP contribution >= 0.6 is 0 Å². The zero-order valence-corrected chi connectivity index (χ0v) is 16.1. The first-order chi connectivity index (χ1) is 15.0. The van der Waals surface area contributed by atoms with Crippen molar-refractivity contribution in [3.8, 4) is 11.8 Å². The fraction of sp³-hybridized carbons (Fsp3) is 0.278. The number of carbonyl (C=O) groups excluding carboxylic acids is 2. The number of halogens is 1. The van der Waals surface area contributed by atoms with Crippen molar-refractivity contribution >= 4 is 17.7 Å². The Kier molecular flexibility index (Phi) is 5.52. The Balaban J connectivity index is 1.43. The molecule has 2 amide bonds. The molecule has 0 spiro atoms. The summed E-state index contributed by atoms with van der Waals surface area (Å²) in [5.74, 6) is -1.06. The minimum Gasteiger partial charge on any atom is -0.442 e. The second-order valence-electron chi connectivity index (χ2n) is 6.64. The molecule has 31 heavy (non-hydrogen) atoms. The molecule has 1 aliphatic rings. The summed E-state index contributed by atoms with van der Waals surface area (Å²) in [5, 5.41) is 22.9. The highest BCUT2D eigenvalue weighted by Gasteiger charge is 2.33. The van der Waals surface area contributed by atoms with Crippen molar-refractivity contribution in [2.75, 3.05) is 18.0 Å². The van der Waals surface area contributed by atoms with Gasteiger partial charge in [0.05, 0.1) is 37.6 Å². The summed E-state index contributed by atoms with van der Waals surface area (Å²) >= 11 is 0. The van der Waals surface area contributed by atoms with Crippen LogP contribution < -0.4 is 10.2 Å². The standard InChI is InChI=1S/C18H16FN9O3/c19-15-5-13(27-9-14(31-18(27)30)6-22-17(29)3-4-20)1-2-16(15)28-8-12(24-25-28)7-26-11-21-10-23-26/h1-2,5,8,10-11,14H,3,6-7,9H2,(H,22,29). The summed E-state index contributed by atoms with van der Waals surface area (Å²) in [6, 6.07) is 5.98. The van der Waals surface area contributed by atoms with Crippen LogP contribution in [0.2, 0.25) is 0 Å². The number of hydrogen-bond acceptors (Lipinski definition) is 8. The van der Waals surface area contributed by atoms with E-state index in [1.807, 2.05) is 0 Å². The quantitative estimate of drug-likeness (QED) is 0.573. The summed E-state index contributed by atoms with van der Waals surface area (Å²) in [4.78, 5) is 28.6. The second kappa shape index (κ2) is 8.57. The average Bonchev–Trinajstić information content (AvgIpc) is 3.49. The van der Waals surface area contributed by atoms with E-state index in [1.165, 1.54) is 34.4 Å². The first-order valence-electron chi connectivity index (χ1n) is 9.19. The van der Waals surface area contributed by atoms with Crippen molar-refractivity contribution in [2.45, 2.75) is 19.1 Å². The van der Waals surface area contributed by atoms with Gasteiger partial charge in [-0.3, -0.25) is 9.69 Å². The number of ether oxygens (including phenoxy) is 1. The van der Waals surface area contributed by atoms with Gasteiger partial charge in [-0.15, -0.1) is 5.10 Å². The van der Waals surface area contributed by atoms with Crippen LogP contribution in [0.25, 0.3) is 5.69 Å². The third-order valence-electron chi connectivity index (χ3n) is 4.46. The van der Waals surface area contributed by atoms with Crippen molar-refractivity contribution in [1.82, 2.24) is 35.1 Å². The van der Waals surface area contributed by atoms with Gasteiger partial charge >= 0.3 is 6.09 Å². The van der Waals surface area contributed by atoms with Crippen molar-refractivity contribution in [3.63, 3.8) is 0 Å². The van der Waals surface area contributed by atoms with Crippen LogP contribution in [-0.4, -0.2) is 61.0 Å². The van der Waals surface area contributed by atoms with E-state index in [1.54, 1.807) is 23.0 Å². The van der Waals surface area contributed by atoms with Gasteiger partial charge in [-0.2, -0.15) is 10.4 Å². The molecule has 1 aliphatic heterocycles. The molecule has 3 aromatic rings. The number of benzene rings is 1. The smallest absolute Gasteiger partial charge is 0.414 e.